The first-order valence-electron chi connectivity index (χ1n) is 6.66. The topological polar surface area (TPSA) is 55.6 Å². The van der Waals surface area contributed by atoms with E-state index >= 15 is 0 Å². The molecule has 1 aliphatic heterocycles. The fourth-order valence-corrected chi connectivity index (χ4v) is 2.30. The van der Waals surface area contributed by atoms with Gasteiger partial charge in [0, 0.05) is 25.6 Å². The molecule has 1 amide bonds. The molecule has 1 rings (SSSR count). The third-order valence-electron chi connectivity index (χ3n) is 3.20. The number of carbonyl (C=O) groups is 1. The molecule has 1 saturated heterocycles. The van der Waals surface area contributed by atoms with Crippen molar-refractivity contribution in [1.29, 1.82) is 0 Å². The van der Waals surface area contributed by atoms with Gasteiger partial charge < -0.3 is 15.4 Å². The van der Waals surface area contributed by atoms with E-state index in [4.69, 9.17) is 10.5 Å². The zero-order chi connectivity index (χ0) is 12.8. The van der Waals surface area contributed by atoms with Crippen LogP contribution >= 0.6 is 12.4 Å². The normalized spacial score (nSPS) is 20.9. The van der Waals surface area contributed by atoms with Crippen molar-refractivity contribution in [3.63, 3.8) is 0 Å². The minimum absolute atomic E-state index is 0. The summed E-state index contributed by atoms with van der Waals surface area (Å²) in [5, 5.41) is 0. The predicted molar refractivity (Wildman–Crippen MR) is 75.9 cm³/mol. The van der Waals surface area contributed by atoms with E-state index in [0.29, 0.717) is 11.8 Å². The molecule has 5 heteroatoms. The first-order valence-corrected chi connectivity index (χ1v) is 6.66. The van der Waals surface area contributed by atoms with Crippen molar-refractivity contribution in [2.75, 3.05) is 26.3 Å². The van der Waals surface area contributed by atoms with E-state index < -0.39 is 0 Å². The van der Waals surface area contributed by atoms with Gasteiger partial charge in [0.25, 0.3) is 0 Å². The zero-order valence-electron chi connectivity index (χ0n) is 11.7. The number of amides is 1. The maximum atomic E-state index is 12.1. The summed E-state index contributed by atoms with van der Waals surface area (Å²) < 4.78 is 5.40. The average Bonchev–Trinajstić information content (AvgIpc) is 2.72. The maximum absolute atomic E-state index is 12.1. The van der Waals surface area contributed by atoms with Gasteiger partial charge in [-0.2, -0.15) is 0 Å². The summed E-state index contributed by atoms with van der Waals surface area (Å²) in [7, 11) is 0. The van der Waals surface area contributed by atoms with Gasteiger partial charge in [0.15, 0.2) is 0 Å². The molecule has 2 atom stereocenters. The molecule has 2 N–H and O–H groups in total. The molecule has 1 heterocycles. The van der Waals surface area contributed by atoms with E-state index in [1.54, 1.807) is 0 Å². The van der Waals surface area contributed by atoms with Crippen LogP contribution in [0, 0.1) is 11.8 Å². The Kier molecular flexibility index (Phi) is 8.57. The Hall–Kier alpha value is -0.320. The Morgan fingerprint density at radius 3 is 2.72 bits per heavy atom. The number of hydrogen-bond donors (Lipinski definition) is 1. The minimum Gasteiger partial charge on any atom is -0.381 e. The lowest BCUT2D eigenvalue weighted by Crippen LogP contribution is -2.43. The number of halogens is 1. The summed E-state index contributed by atoms with van der Waals surface area (Å²) in [5.74, 6) is 1.07. The maximum Gasteiger partial charge on any atom is 0.239 e. The molecule has 0 radical (unpaired) electrons. The molecule has 0 saturated carbocycles. The second kappa shape index (κ2) is 8.73. The zero-order valence-corrected chi connectivity index (χ0v) is 12.5. The highest BCUT2D eigenvalue weighted by molar-refractivity contribution is 5.85. The molecule has 0 bridgehead atoms. The summed E-state index contributed by atoms with van der Waals surface area (Å²) >= 11 is 0. The van der Waals surface area contributed by atoms with Crippen LogP contribution in [0.3, 0.4) is 0 Å². The highest BCUT2D eigenvalue weighted by Gasteiger charge is 2.29. The number of hydrogen-bond acceptors (Lipinski definition) is 3. The molecule has 0 aromatic rings. The van der Waals surface area contributed by atoms with Crippen molar-refractivity contribution < 1.29 is 9.53 Å². The van der Waals surface area contributed by atoms with Crippen molar-refractivity contribution in [1.82, 2.24) is 4.90 Å². The molecular formula is C13H27ClN2O2. The molecule has 4 nitrogen and oxygen atoms in total. The highest BCUT2D eigenvalue weighted by atomic mass is 35.5. The first-order chi connectivity index (χ1) is 8.04. The van der Waals surface area contributed by atoms with Crippen molar-refractivity contribution in [2.45, 2.75) is 39.7 Å². The van der Waals surface area contributed by atoms with Crippen LogP contribution in [0.15, 0.2) is 0 Å². The number of carbonyl (C=O) groups excluding carboxylic acids is 1. The quantitative estimate of drug-likeness (QED) is 0.804. The Balaban J connectivity index is 0.00000289. The first kappa shape index (κ1) is 17.7. The van der Waals surface area contributed by atoms with Gasteiger partial charge in [0.2, 0.25) is 5.91 Å². The van der Waals surface area contributed by atoms with Crippen LogP contribution in [-0.4, -0.2) is 43.2 Å². The van der Waals surface area contributed by atoms with E-state index in [1.165, 1.54) is 0 Å². The molecule has 0 spiro atoms. The van der Waals surface area contributed by atoms with E-state index in [2.05, 4.69) is 13.8 Å². The van der Waals surface area contributed by atoms with Crippen LogP contribution in [0.25, 0.3) is 0 Å². The van der Waals surface area contributed by atoms with E-state index in [9.17, 15) is 4.79 Å². The Bertz CT molecular complexity index is 249. The van der Waals surface area contributed by atoms with Crippen LogP contribution in [0.1, 0.15) is 33.6 Å². The van der Waals surface area contributed by atoms with Crippen LogP contribution in [0.4, 0.5) is 0 Å². The van der Waals surface area contributed by atoms with Crippen LogP contribution in [0.5, 0.6) is 0 Å². The molecule has 108 valence electrons. The van der Waals surface area contributed by atoms with Gasteiger partial charge in [-0.05, 0) is 25.7 Å². The van der Waals surface area contributed by atoms with Gasteiger partial charge >= 0.3 is 0 Å². The summed E-state index contributed by atoms with van der Waals surface area (Å²) in [6.45, 7) is 9.34. The van der Waals surface area contributed by atoms with Crippen molar-refractivity contribution in [3.05, 3.63) is 0 Å². The highest BCUT2D eigenvalue weighted by Crippen LogP contribution is 2.18. The summed E-state index contributed by atoms with van der Waals surface area (Å²) in [4.78, 5) is 14.0. The molecule has 0 aliphatic carbocycles. The average molecular weight is 279 g/mol. The summed E-state index contributed by atoms with van der Waals surface area (Å²) in [6.07, 6.45) is 1.81. The molecule has 0 aromatic carbocycles. The molecule has 1 aliphatic rings. The molecular weight excluding hydrogens is 252 g/mol. The van der Waals surface area contributed by atoms with Crippen LogP contribution < -0.4 is 5.73 Å². The fraction of sp³-hybridized carbons (Fsp3) is 0.923. The lowest BCUT2D eigenvalue weighted by molar-refractivity contribution is -0.132. The standard InChI is InChI=1S/C13H26N2O2.ClH/c1-4-17-9-11-5-6-15(8-11)13(16)12(14)7-10(2)3;/h10-12H,4-9,14H2,1-3H3;1H/t11?,12-;/m0./s1. The van der Waals surface area contributed by atoms with Gasteiger partial charge in [-0.15, -0.1) is 12.4 Å². The van der Waals surface area contributed by atoms with Gasteiger partial charge in [-0.1, -0.05) is 13.8 Å². The van der Waals surface area contributed by atoms with Crippen LogP contribution in [0.2, 0.25) is 0 Å². The minimum atomic E-state index is -0.333. The third kappa shape index (κ3) is 5.55. The summed E-state index contributed by atoms with van der Waals surface area (Å²) in [5.41, 5.74) is 5.92. The van der Waals surface area contributed by atoms with Crippen molar-refractivity contribution >= 4 is 18.3 Å². The number of nitrogens with zero attached hydrogens (tertiary/aromatic N) is 1. The van der Waals surface area contributed by atoms with Gasteiger partial charge in [0.05, 0.1) is 12.6 Å². The second-order valence-electron chi connectivity index (χ2n) is 5.33. The molecule has 0 aromatic heterocycles. The van der Waals surface area contributed by atoms with E-state index in [-0.39, 0.29) is 24.4 Å². The number of ether oxygens (including phenoxy) is 1. The second-order valence-corrected chi connectivity index (χ2v) is 5.33. The van der Waals surface area contributed by atoms with Crippen molar-refractivity contribution in [2.24, 2.45) is 17.6 Å². The molecule has 18 heavy (non-hydrogen) atoms. The van der Waals surface area contributed by atoms with Gasteiger partial charge in [-0.25, -0.2) is 0 Å². The molecule has 1 fully saturated rings. The largest absolute Gasteiger partial charge is 0.381 e. The van der Waals surface area contributed by atoms with Crippen LogP contribution in [-0.2, 0) is 9.53 Å². The Morgan fingerprint density at radius 2 is 2.17 bits per heavy atom. The lowest BCUT2D eigenvalue weighted by Gasteiger charge is -2.22. The third-order valence-corrected chi connectivity index (χ3v) is 3.20. The van der Waals surface area contributed by atoms with Gasteiger partial charge in [0.1, 0.15) is 0 Å². The summed E-state index contributed by atoms with van der Waals surface area (Å²) in [6, 6.07) is -0.333. The predicted octanol–water partition coefficient (Wildman–Crippen LogP) is 1.67. The molecule has 1 unspecified atom stereocenters. The van der Waals surface area contributed by atoms with Crippen molar-refractivity contribution in [3.8, 4) is 0 Å². The Labute approximate surface area is 117 Å². The van der Waals surface area contributed by atoms with Gasteiger partial charge in [-0.3, -0.25) is 4.79 Å². The van der Waals surface area contributed by atoms with E-state index in [0.717, 1.165) is 39.1 Å². The Morgan fingerprint density at radius 1 is 1.50 bits per heavy atom. The number of likely N-dealkylation sites (tertiary alicyclic amines) is 1. The smallest absolute Gasteiger partial charge is 0.239 e. The van der Waals surface area contributed by atoms with E-state index in [1.807, 2.05) is 11.8 Å². The monoisotopic (exact) mass is 278 g/mol. The SMILES string of the molecule is CCOCC1CCN(C(=O)[C@@H](N)CC(C)C)C1.Cl. The lowest BCUT2D eigenvalue weighted by atomic mass is 10.0. The number of nitrogens with two attached hydrogens (primary N) is 1. The fourth-order valence-electron chi connectivity index (χ4n) is 2.30. The number of rotatable bonds is 6.